The second-order valence-electron chi connectivity index (χ2n) is 18.6. The molecule has 1 amide bonds. The number of carbonyl (C=O) groups excluding carboxylic acids is 2. The number of hydrogen-bond donors (Lipinski definition) is 3. The highest BCUT2D eigenvalue weighted by molar-refractivity contribution is 5.77. The van der Waals surface area contributed by atoms with Gasteiger partial charge in [-0.05, 0) is 64.2 Å². The van der Waals surface area contributed by atoms with Crippen LogP contribution in [0, 0.1) is 0 Å². The lowest BCUT2D eigenvalue weighted by atomic mass is 10.0. The molecule has 0 aliphatic heterocycles. The molecule has 3 unspecified atom stereocenters. The topological polar surface area (TPSA) is 95.9 Å². The Morgan fingerprint density at radius 2 is 0.823 bits per heavy atom. The number of aliphatic hydroxyl groups excluding tert-OH is 2. The van der Waals surface area contributed by atoms with Crippen LogP contribution in [-0.4, -0.2) is 46.9 Å². The van der Waals surface area contributed by atoms with Gasteiger partial charge in [0.05, 0.1) is 25.2 Å². The van der Waals surface area contributed by atoms with Gasteiger partial charge in [-0.15, -0.1) is 0 Å². The molecular formula is C56H105NO5. The monoisotopic (exact) mass is 872 g/mol. The van der Waals surface area contributed by atoms with Crippen LogP contribution in [0.5, 0.6) is 0 Å². The normalized spacial score (nSPS) is 13.4. The maximum Gasteiger partial charge on any atom is 0.306 e. The number of unbranched alkanes of at least 4 members (excludes halogenated alkanes) is 31. The second kappa shape index (κ2) is 50.1. The van der Waals surface area contributed by atoms with Crippen LogP contribution in [0.1, 0.15) is 284 Å². The summed E-state index contributed by atoms with van der Waals surface area (Å²) in [6.45, 7) is 6.46. The Morgan fingerprint density at radius 3 is 1.27 bits per heavy atom. The van der Waals surface area contributed by atoms with Crippen LogP contribution in [0.2, 0.25) is 0 Å². The second-order valence-corrected chi connectivity index (χ2v) is 18.6. The van der Waals surface area contributed by atoms with E-state index in [0.717, 1.165) is 70.6 Å². The highest BCUT2D eigenvalue weighted by Gasteiger charge is 2.24. The van der Waals surface area contributed by atoms with Crippen molar-refractivity contribution in [3.8, 4) is 0 Å². The van der Waals surface area contributed by atoms with E-state index in [2.05, 4.69) is 62.5 Å². The van der Waals surface area contributed by atoms with Gasteiger partial charge in [-0.3, -0.25) is 9.59 Å². The number of aliphatic hydroxyl groups is 2. The lowest BCUT2D eigenvalue weighted by molar-refractivity contribution is -0.151. The van der Waals surface area contributed by atoms with Crippen molar-refractivity contribution in [2.45, 2.75) is 302 Å². The van der Waals surface area contributed by atoms with Crippen LogP contribution < -0.4 is 5.32 Å². The van der Waals surface area contributed by atoms with E-state index in [4.69, 9.17) is 4.74 Å². The summed E-state index contributed by atoms with van der Waals surface area (Å²) in [5.74, 6) is -0.488. The predicted molar refractivity (Wildman–Crippen MR) is 269 cm³/mol. The third-order valence-electron chi connectivity index (χ3n) is 12.5. The summed E-state index contributed by atoms with van der Waals surface area (Å²) in [5.41, 5.74) is 0. The van der Waals surface area contributed by atoms with Gasteiger partial charge in [0.15, 0.2) is 0 Å². The Morgan fingerprint density at radius 1 is 0.468 bits per heavy atom. The fraction of sp³-hybridized carbons (Fsp3) is 0.857. The molecule has 0 radical (unpaired) electrons. The first-order valence-corrected chi connectivity index (χ1v) is 27.2. The molecule has 3 N–H and O–H groups in total. The molecule has 364 valence electrons. The zero-order chi connectivity index (χ0) is 45.2. The quantitative estimate of drug-likeness (QED) is 0.0321. The van der Waals surface area contributed by atoms with E-state index in [9.17, 15) is 19.8 Å². The third-order valence-corrected chi connectivity index (χ3v) is 12.5. The highest BCUT2D eigenvalue weighted by Crippen LogP contribution is 2.18. The Balaban J connectivity index is 4.48. The Labute approximate surface area is 385 Å². The van der Waals surface area contributed by atoms with Crippen LogP contribution in [0.25, 0.3) is 0 Å². The number of ether oxygens (including phenoxy) is 1. The first-order valence-electron chi connectivity index (χ1n) is 27.2. The number of nitrogens with one attached hydrogen (secondary N) is 1. The molecule has 6 nitrogen and oxygen atoms in total. The standard InChI is InChI=1S/C56H105NO5/c1-4-7-10-13-16-19-22-24-26-28-30-32-34-37-40-43-46-49-56(61)62-52(47-44-41-38-35-21-18-15-12-9-6-3)50-55(60)57-53(51-58)54(59)48-45-42-39-36-33-31-29-27-25-23-20-17-14-11-8-5-2/h16,19,24,26,30,32,52-54,58-59H,4-15,17-18,20-23,25,27-29,31,33-51H2,1-3H3,(H,57,60)/b19-16-,26-24-,32-30-. The first kappa shape index (κ1) is 60.1. The van der Waals surface area contributed by atoms with Crippen LogP contribution in [0.15, 0.2) is 36.5 Å². The number of carbonyl (C=O) groups is 2. The third kappa shape index (κ3) is 44.7. The zero-order valence-corrected chi connectivity index (χ0v) is 41.5. The number of amides is 1. The zero-order valence-electron chi connectivity index (χ0n) is 41.5. The molecule has 0 aromatic heterocycles. The summed E-state index contributed by atoms with van der Waals surface area (Å²) in [7, 11) is 0. The molecule has 62 heavy (non-hydrogen) atoms. The molecule has 0 heterocycles. The van der Waals surface area contributed by atoms with Crippen molar-refractivity contribution >= 4 is 11.9 Å². The lowest BCUT2D eigenvalue weighted by Gasteiger charge is -2.24. The summed E-state index contributed by atoms with van der Waals surface area (Å²) in [4.78, 5) is 26.1. The van der Waals surface area contributed by atoms with Crippen LogP contribution in [0.4, 0.5) is 0 Å². The SMILES string of the molecule is CCCCC/C=C\C/C=C\C/C=C\CCCCCCC(=O)OC(CCCCCCCCCCCC)CC(=O)NC(CO)C(O)CCCCCCCCCCCCCCCCCC. The smallest absolute Gasteiger partial charge is 0.306 e. The summed E-state index contributed by atoms with van der Waals surface area (Å²) >= 11 is 0. The van der Waals surface area contributed by atoms with Gasteiger partial charge in [0.25, 0.3) is 0 Å². The maximum absolute atomic E-state index is 13.2. The molecule has 3 atom stereocenters. The number of allylic oxidation sites excluding steroid dienone is 6. The van der Waals surface area contributed by atoms with Gasteiger partial charge in [0.1, 0.15) is 6.10 Å². The maximum atomic E-state index is 13.2. The Bertz CT molecular complexity index is 1020. The van der Waals surface area contributed by atoms with Gasteiger partial charge >= 0.3 is 5.97 Å². The van der Waals surface area contributed by atoms with Crippen molar-refractivity contribution in [3.05, 3.63) is 36.5 Å². The molecular weight excluding hydrogens is 767 g/mol. The van der Waals surface area contributed by atoms with Gasteiger partial charge in [-0.1, -0.05) is 243 Å². The van der Waals surface area contributed by atoms with Crippen molar-refractivity contribution in [1.29, 1.82) is 0 Å². The van der Waals surface area contributed by atoms with Gasteiger partial charge in [-0.2, -0.15) is 0 Å². The average Bonchev–Trinajstić information content (AvgIpc) is 3.26. The summed E-state index contributed by atoms with van der Waals surface area (Å²) in [6.07, 6.45) is 59.2. The van der Waals surface area contributed by atoms with Gasteiger partial charge in [0, 0.05) is 6.42 Å². The first-order chi connectivity index (χ1) is 30.5. The van der Waals surface area contributed by atoms with E-state index >= 15 is 0 Å². The molecule has 0 aliphatic rings. The van der Waals surface area contributed by atoms with E-state index in [0.29, 0.717) is 19.3 Å². The number of esters is 1. The summed E-state index contributed by atoms with van der Waals surface area (Å²) in [5, 5.41) is 23.8. The molecule has 0 fully saturated rings. The van der Waals surface area contributed by atoms with E-state index in [1.54, 1.807) is 0 Å². The molecule has 0 saturated carbocycles. The molecule has 0 aromatic rings. The fourth-order valence-electron chi connectivity index (χ4n) is 8.32. The number of hydrogen-bond acceptors (Lipinski definition) is 5. The van der Waals surface area contributed by atoms with Gasteiger partial charge < -0.3 is 20.3 Å². The van der Waals surface area contributed by atoms with Crippen LogP contribution in [-0.2, 0) is 14.3 Å². The highest BCUT2D eigenvalue weighted by atomic mass is 16.5. The molecule has 0 spiro atoms. The molecule has 6 heteroatoms. The molecule has 0 aliphatic carbocycles. The minimum Gasteiger partial charge on any atom is -0.462 e. The van der Waals surface area contributed by atoms with E-state index in [1.807, 2.05) is 0 Å². The predicted octanol–water partition coefficient (Wildman–Crippen LogP) is 16.5. The summed E-state index contributed by atoms with van der Waals surface area (Å²) in [6, 6.07) is -0.703. The molecule has 0 saturated heterocycles. The van der Waals surface area contributed by atoms with E-state index in [1.165, 1.54) is 167 Å². The van der Waals surface area contributed by atoms with Gasteiger partial charge in [-0.25, -0.2) is 0 Å². The fourth-order valence-corrected chi connectivity index (χ4v) is 8.32. The van der Waals surface area contributed by atoms with Crippen molar-refractivity contribution in [2.24, 2.45) is 0 Å². The minimum atomic E-state index is -0.789. The molecule has 0 aromatic carbocycles. The van der Waals surface area contributed by atoms with Gasteiger partial charge in [0.2, 0.25) is 5.91 Å². The van der Waals surface area contributed by atoms with Crippen molar-refractivity contribution in [3.63, 3.8) is 0 Å². The van der Waals surface area contributed by atoms with Crippen molar-refractivity contribution in [1.82, 2.24) is 5.32 Å². The molecule has 0 bridgehead atoms. The van der Waals surface area contributed by atoms with E-state index in [-0.39, 0.29) is 24.9 Å². The number of rotatable bonds is 49. The van der Waals surface area contributed by atoms with Crippen LogP contribution in [0.3, 0.4) is 0 Å². The van der Waals surface area contributed by atoms with E-state index < -0.39 is 18.2 Å². The lowest BCUT2D eigenvalue weighted by Crippen LogP contribution is -2.46. The van der Waals surface area contributed by atoms with Crippen molar-refractivity contribution in [2.75, 3.05) is 6.61 Å². The Kier molecular flexibility index (Phi) is 48.5. The van der Waals surface area contributed by atoms with Crippen molar-refractivity contribution < 1.29 is 24.5 Å². The van der Waals surface area contributed by atoms with Crippen LogP contribution >= 0.6 is 0 Å². The average molecular weight is 872 g/mol. The summed E-state index contributed by atoms with van der Waals surface area (Å²) < 4.78 is 5.93. The Hall–Kier alpha value is -1.92. The minimum absolute atomic E-state index is 0.0721. The largest absolute Gasteiger partial charge is 0.462 e. The molecule has 0 rings (SSSR count).